The minimum atomic E-state index is -0.560. The molecule has 0 saturated carbocycles. The van der Waals surface area contributed by atoms with E-state index >= 15 is 0 Å². The number of anilines is 1. The summed E-state index contributed by atoms with van der Waals surface area (Å²) < 4.78 is 20.1. The van der Waals surface area contributed by atoms with Gasteiger partial charge in [-0.05, 0) is 72.6 Å². The maximum absolute atomic E-state index is 13.1. The van der Waals surface area contributed by atoms with Gasteiger partial charge in [0.15, 0.2) is 11.5 Å². The number of nitrogens with one attached hydrogen (secondary N) is 1. The lowest BCUT2D eigenvalue weighted by atomic mass is 9.95. The van der Waals surface area contributed by atoms with E-state index in [4.69, 9.17) is 19.3 Å². The van der Waals surface area contributed by atoms with Crippen molar-refractivity contribution in [2.45, 2.75) is 52.4 Å². The highest BCUT2D eigenvalue weighted by Crippen LogP contribution is 2.43. The molecule has 37 heavy (non-hydrogen) atoms. The molecular formula is C27H31BrN4O4S. The Bertz CT molecular complexity index is 1310. The summed E-state index contributed by atoms with van der Waals surface area (Å²) in [4.78, 5) is 17.7. The van der Waals surface area contributed by atoms with Crippen LogP contribution < -0.4 is 14.8 Å². The van der Waals surface area contributed by atoms with Gasteiger partial charge in [-0.25, -0.2) is 9.48 Å². The molecule has 10 heteroatoms. The van der Waals surface area contributed by atoms with E-state index in [1.165, 1.54) is 17.3 Å². The molecule has 1 aromatic heterocycles. The summed E-state index contributed by atoms with van der Waals surface area (Å²) in [6.07, 6.45) is 0. The molecule has 2 heterocycles. The molecule has 0 aliphatic carbocycles. The molecule has 1 aliphatic heterocycles. The largest absolute Gasteiger partial charge is 0.490 e. The van der Waals surface area contributed by atoms with Crippen molar-refractivity contribution < 1.29 is 19.0 Å². The first kappa shape index (κ1) is 27.1. The molecule has 0 amide bonds. The Morgan fingerprint density at radius 1 is 1.11 bits per heavy atom. The monoisotopic (exact) mass is 586 g/mol. The van der Waals surface area contributed by atoms with Crippen molar-refractivity contribution >= 4 is 39.6 Å². The summed E-state index contributed by atoms with van der Waals surface area (Å²) >= 11 is 5.23. The second-order valence-corrected chi connectivity index (χ2v) is 10.5. The molecule has 0 saturated heterocycles. The van der Waals surface area contributed by atoms with E-state index in [1.54, 1.807) is 11.6 Å². The predicted molar refractivity (Wildman–Crippen MR) is 148 cm³/mol. The summed E-state index contributed by atoms with van der Waals surface area (Å²) in [6, 6.07) is 11.5. The first-order valence-electron chi connectivity index (χ1n) is 12.2. The fourth-order valence-corrected chi connectivity index (χ4v) is 5.22. The lowest BCUT2D eigenvalue weighted by Gasteiger charge is -2.28. The summed E-state index contributed by atoms with van der Waals surface area (Å²) in [5.74, 6) is 2.17. The van der Waals surface area contributed by atoms with Gasteiger partial charge in [-0.3, -0.25) is 0 Å². The van der Waals surface area contributed by atoms with Crippen LogP contribution in [0.4, 0.5) is 5.95 Å². The number of ether oxygens (including phenoxy) is 3. The third kappa shape index (κ3) is 5.96. The SMILES string of the molecule is CCOC(=O)C1=C(C)Nc2nc(SCC)nn2C1c1cc(Br)c(OCc2ccc(C)cc2)c(OCC)c1. The number of thioether (sulfide) groups is 1. The van der Waals surface area contributed by atoms with Gasteiger partial charge in [-0.1, -0.05) is 48.5 Å². The number of allylic oxidation sites excluding steroid dienone is 1. The first-order valence-corrected chi connectivity index (χ1v) is 14.0. The van der Waals surface area contributed by atoms with Crippen molar-refractivity contribution in [3.8, 4) is 11.5 Å². The molecule has 0 fully saturated rings. The average Bonchev–Trinajstić information content (AvgIpc) is 3.26. The number of nitrogens with zero attached hydrogens (tertiary/aromatic N) is 3. The molecule has 3 aromatic rings. The molecule has 1 N–H and O–H groups in total. The third-order valence-corrected chi connectivity index (χ3v) is 7.06. The van der Waals surface area contributed by atoms with Crippen LogP contribution in [0.1, 0.15) is 50.4 Å². The van der Waals surface area contributed by atoms with Crippen molar-refractivity contribution in [3.63, 3.8) is 0 Å². The van der Waals surface area contributed by atoms with Crippen LogP contribution in [0.3, 0.4) is 0 Å². The van der Waals surface area contributed by atoms with Crippen molar-refractivity contribution in [1.29, 1.82) is 0 Å². The number of halogens is 1. The maximum Gasteiger partial charge on any atom is 0.338 e. The summed E-state index contributed by atoms with van der Waals surface area (Å²) in [5, 5.41) is 8.57. The number of hydrogen-bond acceptors (Lipinski definition) is 8. The van der Waals surface area contributed by atoms with Gasteiger partial charge >= 0.3 is 5.97 Å². The Hall–Kier alpha value is -2.98. The average molecular weight is 588 g/mol. The molecular weight excluding hydrogens is 556 g/mol. The van der Waals surface area contributed by atoms with Gasteiger partial charge in [0, 0.05) is 5.70 Å². The molecule has 1 unspecified atom stereocenters. The van der Waals surface area contributed by atoms with Gasteiger partial charge in [-0.2, -0.15) is 4.98 Å². The zero-order chi connectivity index (χ0) is 26.5. The number of aryl methyl sites for hydroxylation is 1. The van der Waals surface area contributed by atoms with Gasteiger partial charge in [0.05, 0.1) is 23.3 Å². The van der Waals surface area contributed by atoms with Crippen LogP contribution in [0.2, 0.25) is 0 Å². The van der Waals surface area contributed by atoms with Crippen molar-refractivity contribution in [1.82, 2.24) is 14.8 Å². The Morgan fingerprint density at radius 2 is 1.86 bits per heavy atom. The van der Waals surface area contributed by atoms with Crippen LogP contribution in [-0.2, 0) is 16.1 Å². The number of carbonyl (C=O) groups is 1. The van der Waals surface area contributed by atoms with Crippen LogP contribution in [0.5, 0.6) is 11.5 Å². The zero-order valence-corrected chi connectivity index (χ0v) is 24.0. The minimum absolute atomic E-state index is 0.267. The number of hydrogen-bond donors (Lipinski definition) is 1. The van der Waals surface area contributed by atoms with Crippen molar-refractivity contribution in [3.05, 3.63) is 68.8 Å². The fraction of sp³-hybridized carbons (Fsp3) is 0.370. The van der Waals surface area contributed by atoms with E-state index in [-0.39, 0.29) is 6.61 Å². The Labute approximate surface area is 229 Å². The molecule has 2 aromatic carbocycles. The molecule has 4 rings (SSSR count). The van der Waals surface area contributed by atoms with Gasteiger partial charge in [0.25, 0.3) is 0 Å². The number of fused-ring (bicyclic) bond motifs is 1. The highest BCUT2D eigenvalue weighted by Gasteiger charge is 2.36. The highest BCUT2D eigenvalue weighted by atomic mass is 79.9. The maximum atomic E-state index is 13.1. The zero-order valence-electron chi connectivity index (χ0n) is 21.6. The molecule has 0 spiro atoms. The quantitative estimate of drug-likeness (QED) is 0.219. The van der Waals surface area contributed by atoms with Crippen LogP contribution in [0.25, 0.3) is 0 Å². The molecule has 0 bridgehead atoms. The van der Waals surface area contributed by atoms with Gasteiger partial charge in [0.2, 0.25) is 11.1 Å². The first-order chi connectivity index (χ1) is 17.9. The topological polar surface area (TPSA) is 87.5 Å². The van der Waals surface area contributed by atoms with Crippen LogP contribution in [-0.4, -0.2) is 39.7 Å². The number of rotatable bonds is 10. The van der Waals surface area contributed by atoms with Crippen LogP contribution in [0.15, 0.2) is 57.3 Å². The van der Waals surface area contributed by atoms with E-state index in [0.717, 1.165) is 16.9 Å². The standard InChI is InChI=1S/C27H31BrN4O4S/c1-6-34-21-14-19(13-20(28)24(21)36-15-18-11-9-16(4)10-12-18)23-22(25(33)35-7-2)17(5)29-26-30-27(37-8-3)31-32(23)26/h9-14,23H,6-8,15H2,1-5H3,(H,29,30,31). The Balaban J connectivity index is 1.78. The van der Waals surface area contributed by atoms with Crippen molar-refractivity contribution in [2.24, 2.45) is 0 Å². The smallest absolute Gasteiger partial charge is 0.338 e. The second kappa shape index (κ2) is 12.0. The number of esters is 1. The Morgan fingerprint density at radius 3 is 2.54 bits per heavy atom. The van der Waals surface area contributed by atoms with Crippen LogP contribution >= 0.6 is 27.7 Å². The van der Waals surface area contributed by atoms with Crippen LogP contribution in [0, 0.1) is 6.92 Å². The second-order valence-electron chi connectivity index (χ2n) is 8.42. The Kier molecular flexibility index (Phi) is 8.81. The molecule has 196 valence electrons. The van der Waals surface area contributed by atoms with Crippen molar-refractivity contribution in [2.75, 3.05) is 24.3 Å². The number of carbonyl (C=O) groups excluding carboxylic acids is 1. The number of aromatic nitrogens is 3. The predicted octanol–water partition coefficient (Wildman–Crippen LogP) is 6.29. The normalized spacial score (nSPS) is 14.7. The van der Waals surface area contributed by atoms with Gasteiger partial charge in [-0.15, -0.1) is 5.10 Å². The lowest BCUT2D eigenvalue weighted by Crippen LogP contribution is -2.29. The van der Waals surface area contributed by atoms with Gasteiger partial charge in [0.1, 0.15) is 12.6 Å². The number of benzene rings is 2. The molecule has 8 nitrogen and oxygen atoms in total. The summed E-state index contributed by atoms with van der Waals surface area (Å²) in [7, 11) is 0. The molecule has 1 atom stereocenters. The summed E-state index contributed by atoms with van der Waals surface area (Å²) in [5.41, 5.74) is 4.18. The van der Waals surface area contributed by atoms with E-state index in [2.05, 4.69) is 45.3 Å². The lowest BCUT2D eigenvalue weighted by molar-refractivity contribution is -0.139. The van der Waals surface area contributed by atoms with E-state index in [9.17, 15) is 4.79 Å². The summed E-state index contributed by atoms with van der Waals surface area (Å²) in [6.45, 7) is 10.8. The van der Waals surface area contributed by atoms with E-state index in [0.29, 0.717) is 51.6 Å². The van der Waals surface area contributed by atoms with Gasteiger partial charge < -0.3 is 19.5 Å². The molecule has 1 aliphatic rings. The third-order valence-electron chi connectivity index (χ3n) is 5.75. The van der Waals surface area contributed by atoms with E-state index in [1.807, 2.05) is 45.0 Å². The fourth-order valence-electron chi connectivity index (χ4n) is 4.09. The minimum Gasteiger partial charge on any atom is -0.490 e. The van der Waals surface area contributed by atoms with E-state index < -0.39 is 12.0 Å². The highest BCUT2D eigenvalue weighted by molar-refractivity contribution is 9.10. The molecule has 0 radical (unpaired) electrons.